The predicted octanol–water partition coefficient (Wildman–Crippen LogP) is 5.10. The fourth-order valence-corrected chi connectivity index (χ4v) is 3.61. The average molecular weight is 286 g/mol. The van der Waals surface area contributed by atoms with Crippen LogP contribution in [0.3, 0.4) is 0 Å². The molecule has 0 aromatic heterocycles. The smallest absolute Gasteiger partial charge is 0.127 e. The molecule has 1 fully saturated rings. The van der Waals surface area contributed by atoms with Gasteiger partial charge in [0.1, 0.15) is 5.75 Å². The zero-order valence-electron chi connectivity index (χ0n) is 11.8. The molecule has 3 rings (SSSR count). The molecule has 2 heteroatoms. The van der Waals surface area contributed by atoms with Gasteiger partial charge in [-0.05, 0) is 30.0 Å². The van der Waals surface area contributed by atoms with Gasteiger partial charge < -0.3 is 4.74 Å². The van der Waals surface area contributed by atoms with Crippen molar-refractivity contribution < 1.29 is 4.74 Å². The zero-order chi connectivity index (χ0) is 13.8. The minimum absolute atomic E-state index is 0.276. The maximum atomic E-state index is 6.20. The number of thiol groups is 1. The molecular weight excluding hydrogens is 264 g/mol. The highest BCUT2D eigenvalue weighted by atomic mass is 32.1. The predicted molar refractivity (Wildman–Crippen MR) is 88.8 cm³/mol. The standard InChI is InChI=1S/C18H22OS/c20-14-18(11-4-1-5-12-18)13-19-17-10-6-8-15-7-2-3-9-16(15)17/h2-3,6-10,20H,1,4-5,11-14H2. The van der Waals surface area contributed by atoms with Gasteiger partial charge in [0.15, 0.2) is 0 Å². The zero-order valence-corrected chi connectivity index (χ0v) is 12.7. The first-order chi connectivity index (χ1) is 9.83. The van der Waals surface area contributed by atoms with Crippen molar-refractivity contribution >= 4 is 23.4 Å². The highest BCUT2D eigenvalue weighted by Crippen LogP contribution is 2.38. The van der Waals surface area contributed by atoms with E-state index < -0.39 is 0 Å². The SMILES string of the molecule is SCC1(COc2cccc3ccccc23)CCCCC1. The lowest BCUT2D eigenvalue weighted by atomic mass is 9.76. The van der Waals surface area contributed by atoms with Gasteiger partial charge in [-0.15, -0.1) is 0 Å². The molecule has 0 unspecified atom stereocenters. The van der Waals surface area contributed by atoms with E-state index in [0.29, 0.717) is 0 Å². The molecule has 0 heterocycles. The number of rotatable bonds is 4. The molecular formula is C18H22OS. The summed E-state index contributed by atoms with van der Waals surface area (Å²) in [5, 5.41) is 2.45. The average Bonchev–Trinajstić information content (AvgIpc) is 2.54. The molecule has 0 radical (unpaired) electrons. The lowest BCUT2D eigenvalue weighted by molar-refractivity contribution is 0.122. The fourth-order valence-electron chi connectivity index (χ4n) is 3.20. The van der Waals surface area contributed by atoms with E-state index in [-0.39, 0.29) is 5.41 Å². The van der Waals surface area contributed by atoms with E-state index in [0.717, 1.165) is 18.1 Å². The molecule has 106 valence electrons. The van der Waals surface area contributed by atoms with Crippen LogP contribution in [0.15, 0.2) is 42.5 Å². The van der Waals surface area contributed by atoms with Gasteiger partial charge in [-0.1, -0.05) is 55.7 Å². The van der Waals surface area contributed by atoms with Gasteiger partial charge in [0.2, 0.25) is 0 Å². The highest BCUT2D eigenvalue weighted by Gasteiger charge is 2.31. The molecule has 1 aliphatic carbocycles. The van der Waals surface area contributed by atoms with Gasteiger partial charge in [-0.3, -0.25) is 0 Å². The van der Waals surface area contributed by atoms with Crippen molar-refractivity contribution in [2.75, 3.05) is 12.4 Å². The topological polar surface area (TPSA) is 9.23 Å². The molecule has 0 atom stereocenters. The van der Waals surface area contributed by atoms with Crippen LogP contribution in [-0.2, 0) is 0 Å². The lowest BCUT2D eigenvalue weighted by Crippen LogP contribution is -2.33. The maximum absolute atomic E-state index is 6.20. The van der Waals surface area contributed by atoms with Crippen LogP contribution in [0.2, 0.25) is 0 Å². The largest absolute Gasteiger partial charge is 0.492 e. The number of ether oxygens (including phenoxy) is 1. The number of fused-ring (bicyclic) bond motifs is 1. The van der Waals surface area contributed by atoms with Crippen LogP contribution in [0.4, 0.5) is 0 Å². The van der Waals surface area contributed by atoms with E-state index in [2.05, 4.69) is 55.1 Å². The first-order valence-corrected chi connectivity index (χ1v) is 8.18. The summed E-state index contributed by atoms with van der Waals surface area (Å²) in [6.45, 7) is 0.796. The summed E-state index contributed by atoms with van der Waals surface area (Å²) in [5.41, 5.74) is 0.276. The lowest BCUT2D eigenvalue weighted by Gasteiger charge is -2.35. The summed E-state index contributed by atoms with van der Waals surface area (Å²) in [7, 11) is 0. The second kappa shape index (κ2) is 6.09. The van der Waals surface area contributed by atoms with Gasteiger partial charge in [0.05, 0.1) is 6.61 Å². The molecule has 1 aliphatic rings. The van der Waals surface area contributed by atoms with Gasteiger partial charge in [-0.2, -0.15) is 12.6 Å². The van der Waals surface area contributed by atoms with Crippen molar-refractivity contribution in [1.29, 1.82) is 0 Å². The Hall–Kier alpha value is -1.15. The molecule has 0 amide bonds. The van der Waals surface area contributed by atoms with Crippen LogP contribution in [0.25, 0.3) is 10.8 Å². The Balaban J connectivity index is 1.79. The minimum Gasteiger partial charge on any atom is -0.492 e. The summed E-state index contributed by atoms with van der Waals surface area (Å²) >= 11 is 4.59. The molecule has 1 saturated carbocycles. The molecule has 1 nitrogen and oxygen atoms in total. The van der Waals surface area contributed by atoms with Gasteiger partial charge in [0.25, 0.3) is 0 Å². The molecule has 0 N–H and O–H groups in total. The third kappa shape index (κ3) is 2.80. The van der Waals surface area contributed by atoms with E-state index in [1.165, 1.54) is 42.9 Å². The molecule has 20 heavy (non-hydrogen) atoms. The van der Waals surface area contributed by atoms with E-state index >= 15 is 0 Å². The molecule has 0 spiro atoms. The van der Waals surface area contributed by atoms with Crippen molar-refractivity contribution in [2.45, 2.75) is 32.1 Å². The monoisotopic (exact) mass is 286 g/mol. The summed E-state index contributed by atoms with van der Waals surface area (Å²) in [6.07, 6.45) is 6.51. The van der Waals surface area contributed by atoms with E-state index in [1.54, 1.807) is 0 Å². The van der Waals surface area contributed by atoms with Crippen molar-refractivity contribution in [3.05, 3.63) is 42.5 Å². The van der Waals surface area contributed by atoms with E-state index in [9.17, 15) is 0 Å². The third-order valence-corrected chi connectivity index (χ3v) is 5.20. The van der Waals surface area contributed by atoms with Crippen LogP contribution in [-0.4, -0.2) is 12.4 Å². The van der Waals surface area contributed by atoms with Gasteiger partial charge in [0, 0.05) is 10.8 Å². The first-order valence-electron chi connectivity index (χ1n) is 7.54. The summed E-state index contributed by atoms with van der Waals surface area (Å²) in [5.74, 6) is 1.94. The Morgan fingerprint density at radius 2 is 1.70 bits per heavy atom. The first kappa shape index (κ1) is 13.8. The van der Waals surface area contributed by atoms with Crippen LogP contribution >= 0.6 is 12.6 Å². The fraction of sp³-hybridized carbons (Fsp3) is 0.444. The van der Waals surface area contributed by atoms with Gasteiger partial charge in [-0.25, -0.2) is 0 Å². The third-order valence-electron chi connectivity index (χ3n) is 4.53. The molecule has 0 bridgehead atoms. The highest BCUT2D eigenvalue weighted by molar-refractivity contribution is 7.80. The Kier molecular flexibility index (Phi) is 4.21. The van der Waals surface area contributed by atoms with E-state index in [4.69, 9.17) is 4.74 Å². The van der Waals surface area contributed by atoms with Crippen molar-refractivity contribution in [1.82, 2.24) is 0 Å². The Morgan fingerprint density at radius 3 is 2.50 bits per heavy atom. The van der Waals surface area contributed by atoms with Crippen molar-refractivity contribution in [3.8, 4) is 5.75 Å². The normalized spacial score (nSPS) is 18.1. The Bertz CT molecular complexity index is 567. The summed E-state index contributed by atoms with van der Waals surface area (Å²) in [6, 6.07) is 14.7. The Labute approximate surface area is 126 Å². The van der Waals surface area contributed by atoms with Crippen molar-refractivity contribution in [3.63, 3.8) is 0 Å². The summed E-state index contributed by atoms with van der Waals surface area (Å²) in [4.78, 5) is 0. The van der Waals surface area contributed by atoms with Crippen LogP contribution in [0.1, 0.15) is 32.1 Å². The second-order valence-electron chi connectivity index (χ2n) is 5.98. The maximum Gasteiger partial charge on any atom is 0.127 e. The van der Waals surface area contributed by atoms with Crippen LogP contribution in [0, 0.1) is 5.41 Å². The quantitative estimate of drug-likeness (QED) is 0.769. The van der Waals surface area contributed by atoms with Gasteiger partial charge >= 0.3 is 0 Å². The Morgan fingerprint density at radius 1 is 0.950 bits per heavy atom. The van der Waals surface area contributed by atoms with Crippen LogP contribution < -0.4 is 4.74 Å². The second-order valence-corrected chi connectivity index (χ2v) is 6.30. The number of hydrogen-bond acceptors (Lipinski definition) is 2. The minimum atomic E-state index is 0.276. The van der Waals surface area contributed by atoms with E-state index in [1.807, 2.05) is 0 Å². The number of hydrogen-bond donors (Lipinski definition) is 1. The summed E-state index contributed by atoms with van der Waals surface area (Å²) < 4.78 is 6.20. The molecule has 2 aromatic rings. The number of benzene rings is 2. The molecule has 0 aliphatic heterocycles. The molecule has 2 aromatic carbocycles. The molecule has 0 saturated heterocycles. The van der Waals surface area contributed by atoms with Crippen LogP contribution in [0.5, 0.6) is 5.75 Å². The van der Waals surface area contributed by atoms with Crippen molar-refractivity contribution in [2.24, 2.45) is 5.41 Å².